The maximum absolute atomic E-state index is 12.4. The molecule has 7 heteroatoms. The standard InChI is InChI=1S/C16H15ClN2O3S/c1-9-6-10(2)15(12(17)7-9)18-16(20)11-4-5-14(23-3)13(8-11)19(21)22/h4-8H,1-3H3,(H,18,20). The lowest BCUT2D eigenvalue weighted by molar-refractivity contribution is -0.387. The monoisotopic (exact) mass is 350 g/mol. The third kappa shape index (κ3) is 3.83. The van der Waals surface area contributed by atoms with Crippen LogP contribution < -0.4 is 5.32 Å². The Kier molecular flexibility index (Phi) is 5.28. The lowest BCUT2D eigenvalue weighted by Crippen LogP contribution is -2.13. The summed E-state index contributed by atoms with van der Waals surface area (Å²) in [5.41, 5.74) is 2.46. The molecule has 23 heavy (non-hydrogen) atoms. The van der Waals surface area contributed by atoms with Gasteiger partial charge in [0.15, 0.2) is 0 Å². The molecule has 0 saturated heterocycles. The van der Waals surface area contributed by atoms with Gasteiger partial charge in [0.25, 0.3) is 11.6 Å². The highest BCUT2D eigenvalue weighted by atomic mass is 35.5. The van der Waals surface area contributed by atoms with Gasteiger partial charge in [-0.3, -0.25) is 14.9 Å². The van der Waals surface area contributed by atoms with E-state index in [1.165, 1.54) is 17.8 Å². The molecule has 0 aliphatic carbocycles. The number of benzene rings is 2. The van der Waals surface area contributed by atoms with Gasteiger partial charge in [-0.2, -0.15) is 0 Å². The number of carbonyl (C=O) groups excluding carboxylic acids is 1. The summed E-state index contributed by atoms with van der Waals surface area (Å²) in [5.74, 6) is -0.436. The van der Waals surface area contributed by atoms with E-state index in [1.54, 1.807) is 24.5 Å². The number of nitro groups is 1. The van der Waals surface area contributed by atoms with Crippen molar-refractivity contribution in [2.45, 2.75) is 18.7 Å². The molecule has 0 spiro atoms. The topological polar surface area (TPSA) is 72.2 Å². The van der Waals surface area contributed by atoms with Gasteiger partial charge in [0.1, 0.15) is 0 Å². The Labute approximate surface area is 143 Å². The van der Waals surface area contributed by atoms with Crippen LogP contribution in [-0.4, -0.2) is 17.1 Å². The summed E-state index contributed by atoms with van der Waals surface area (Å²) in [4.78, 5) is 23.5. The Hall–Kier alpha value is -2.05. The summed E-state index contributed by atoms with van der Waals surface area (Å²) in [6, 6.07) is 8.07. The molecule has 120 valence electrons. The lowest BCUT2D eigenvalue weighted by Gasteiger charge is -2.12. The van der Waals surface area contributed by atoms with Crippen molar-refractivity contribution in [1.29, 1.82) is 0 Å². The first-order valence-corrected chi connectivity index (χ1v) is 8.34. The first-order valence-electron chi connectivity index (χ1n) is 6.74. The normalized spacial score (nSPS) is 10.4. The number of hydrogen-bond donors (Lipinski definition) is 1. The highest BCUT2D eigenvalue weighted by Crippen LogP contribution is 2.30. The van der Waals surface area contributed by atoms with Crippen molar-refractivity contribution in [3.8, 4) is 0 Å². The molecule has 0 unspecified atom stereocenters. The largest absolute Gasteiger partial charge is 0.320 e. The molecule has 1 N–H and O–H groups in total. The minimum Gasteiger partial charge on any atom is -0.320 e. The Morgan fingerprint density at radius 2 is 1.96 bits per heavy atom. The van der Waals surface area contributed by atoms with Gasteiger partial charge in [-0.15, -0.1) is 11.8 Å². The minimum atomic E-state index is -0.493. The van der Waals surface area contributed by atoms with Gasteiger partial charge in [-0.25, -0.2) is 0 Å². The van der Waals surface area contributed by atoms with Gasteiger partial charge in [0.05, 0.1) is 20.5 Å². The molecule has 0 bridgehead atoms. The maximum atomic E-state index is 12.4. The highest BCUT2D eigenvalue weighted by Gasteiger charge is 2.18. The number of nitrogens with one attached hydrogen (secondary N) is 1. The lowest BCUT2D eigenvalue weighted by atomic mass is 10.1. The molecule has 0 atom stereocenters. The number of nitro benzene ring substituents is 1. The molecule has 2 aromatic rings. The van der Waals surface area contributed by atoms with Gasteiger partial charge in [-0.05, 0) is 49.4 Å². The van der Waals surface area contributed by atoms with E-state index in [-0.39, 0.29) is 11.3 Å². The zero-order valence-corrected chi connectivity index (χ0v) is 14.4. The van der Waals surface area contributed by atoms with Crippen molar-refractivity contribution in [2.75, 3.05) is 11.6 Å². The molecule has 2 rings (SSSR count). The van der Waals surface area contributed by atoms with Gasteiger partial charge >= 0.3 is 0 Å². The molecule has 0 saturated carbocycles. The number of aryl methyl sites for hydroxylation is 2. The average Bonchev–Trinajstić information content (AvgIpc) is 2.49. The van der Waals surface area contributed by atoms with Crippen LogP contribution in [0.5, 0.6) is 0 Å². The molecule has 5 nitrogen and oxygen atoms in total. The van der Waals surface area contributed by atoms with Crippen molar-refractivity contribution in [2.24, 2.45) is 0 Å². The number of hydrogen-bond acceptors (Lipinski definition) is 4. The SMILES string of the molecule is CSc1ccc(C(=O)Nc2c(C)cc(C)cc2Cl)cc1[N+](=O)[O-]. The van der Waals surface area contributed by atoms with E-state index in [0.29, 0.717) is 15.6 Å². The fourth-order valence-electron chi connectivity index (χ4n) is 2.23. The van der Waals surface area contributed by atoms with E-state index in [4.69, 9.17) is 11.6 Å². The van der Waals surface area contributed by atoms with Crippen LogP contribution in [0.2, 0.25) is 5.02 Å². The highest BCUT2D eigenvalue weighted by molar-refractivity contribution is 7.98. The second-order valence-electron chi connectivity index (χ2n) is 5.04. The first-order chi connectivity index (χ1) is 10.8. The number of anilines is 1. The van der Waals surface area contributed by atoms with E-state index < -0.39 is 10.8 Å². The smallest absolute Gasteiger partial charge is 0.283 e. The molecular formula is C16H15ClN2O3S. The predicted octanol–water partition coefficient (Wildman–Crippen LogP) is 4.84. The van der Waals surface area contributed by atoms with Crippen LogP contribution in [0, 0.1) is 24.0 Å². The van der Waals surface area contributed by atoms with Crippen molar-refractivity contribution < 1.29 is 9.72 Å². The Morgan fingerprint density at radius 1 is 1.26 bits per heavy atom. The quantitative estimate of drug-likeness (QED) is 0.486. The van der Waals surface area contributed by atoms with Gasteiger partial charge < -0.3 is 5.32 Å². The van der Waals surface area contributed by atoms with Crippen LogP contribution in [0.1, 0.15) is 21.5 Å². The Balaban J connectivity index is 2.35. The predicted molar refractivity (Wildman–Crippen MR) is 93.8 cm³/mol. The molecule has 0 fully saturated rings. The van der Waals surface area contributed by atoms with Crippen molar-refractivity contribution >= 4 is 40.6 Å². The zero-order valence-electron chi connectivity index (χ0n) is 12.8. The number of rotatable bonds is 4. The number of thioether (sulfide) groups is 1. The third-order valence-electron chi connectivity index (χ3n) is 3.31. The van der Waals surface area contributed by atoms with Gasteiger partial charge in [0, 0.05) is 11.6 Å². The Bertz CT molecular complexity index is 770. The van der Waals surface area contributed by atoms with Crippen LogP contribution >= 0.6 is 23.4 Å². The van der Waals surface area contributed by atoms with Gasteiger partial charge in [-0.1, -0.05) is 17.7 Å². The number of carbonyl (C=O) groups is 1. The van der Waals surface area contributed by atoms with E-state index in [0.717, 1.165) is 11.1 Å². The zero-order chi connectivity index (χ0) is 17.1. The van der Waals surface area contributed by atoms with E-state index >= 15 is 0 Å². The second-order valence-corrected chi connectivity index (χ2v) is 6.29. The Morgan fingerprint density at radius 3 is 2.52 bits per heavy atom. The van der Waals surface area contributed by atoms with E-state index in [1.807, 2.05) is 19.9 Å². The number of halogens is 1. The van der Waals surface area contributed by atoms with Crippen LogP contribution in [0.4, 0.5) is 11.4 Å². The maximum Gasteiger partial charge on any atom is 0.283 e. The molecule has 0 radical (unpaired) electrons. The average molecular weight is 351 g/mol. The summed E-state index contributed by atoms with van der Waals surface area (Å²) in [6.45, 7) is 3.75. The molecule has 1 amide bonds. The molecule has 0 aromatic heterocycles. The van der Waals surface area contributed by atoms with Gasteiger partial charge in [0.2, 0.25) is 0 Å². The first kappa shape index (κ1) is 17.3. The molecule has 2 aromatic carbocycles. The summed E-state index contributed by atoms with van der Waals surface area (Å²) in [6.07, 6.45) is 1.75. The fraction of sp³-hybridized carbons (Fsp3) is 0.188. The fourth-order valence-corrected chi connectivity index (χ4v) is 3.15. The van der Waals surface area contributed by atoms with Crippen molar-refractivity contribution in [3.63, 3.8) is 0 Å². The van der Waals surface area contributed by atoms with Crippen LogP contribution in [0.3, 0.4) is 0 Å². The molecule has 0 aliphatic rings. The molecule has 0 aliphatic heterocycles. The number of nitrogens with zero attached hydrogens (tertiary/aromatic N) is 1. The van der Waals surface area contributed by atoms with Crippen LogP contribution in [-0.2, 0) is 0 Å². The summed E-state index contributed by atoms with van der Waals surface area (Å²) in [5, 5.41) is 14.3. The summed E-state index contributed by atoms with van der Waals surface area (Å²) in [7, 11) is 0. The number of amides is 1. The molecule has 0 heterocycles. The summed E-state index contributed by atoms with van der Waals surface area (Å²) >= 11 is 7.43. The van der Waals surface area contributed by atoms with E-state index in [2.05, 4.69) is 5.32 Å². The van der Waals surface area contributed by atoms with Crippen LogP contribution in [0.15, 0.2) is 35.2 Å². The van der Waals surface area contributed by atoms with Crippen molar-refractivity contribution in [1.82, 2.24) is 0 Å². The summed E-state index contributed by atoms with van der Waals surface area (Å²) < 4.78 is 0. The second kappa shape index (κ2) is 7.02. The third-order valence-corrected chi connectivity index (χ3v) is 4.39. The van der Waals surface area contributed by atoms with Crippen LogP contribution in [0.25, 0.3) is 0 Å². The van der Waals surface area contributed by atoms with Crippen molar-refractivity contribution in [3.05, 3.63) is 62.2 Å². The minimum absolute atomic E-state index is 0.0862. The van der Waals surface area contributed by atoms with E-state index in [9.17, 15) is 14.9 Å². The molecular weight excluding hydrogens is 336 g/mol.